The first-order chi connectivity index (χ1) is 5.96. The van der Waals surface area contributed by atoms with E-state index in [1.165, 1.54) is 0 Å². The first-order valence-corrected chi connectivity index (χ1v) is 4.34. The molecule has 0 bridgehead atoms. The van der Waals surface area contributed by atoms with E-state index in [1.54, 1.807) is 13.8 Å². The Morgan fingerprint density at radius 1 is 1.07 bits per heavy atom. The summed E-state index contributed by atoms with van der Waals surface area (Å²) in [5.41, 5.74) is 1.86. The molecule has 0 spiro atoms. The minimum absolute atomic E-state index is 0. The van der Waals surface area contributed by atoms with Gasteiger partial charge in [-0.2, -0.15) is 0 Å². The van der Waals surface area contributed by atoms with Gasteiger partial charge in [-0.1, -0.05) is 49.0 Å². The van der Waals surface area contributed by atoms with Gasteiger partial charge in [0.25, 0.3) is 0 Å². The van der Waals surface area contributed by atoms with Gasteiger partial charge in [-0.3, -0.25) is 0 Å². The SMILES string of the molecule is Cc1ccccc1C(C)(C)B([O-])[O-].[NH4+].[NH4+]. The third kappa shape index (κ3) is 3.32. The molecule has 0 aromatic heterocycles. The average molecular weight is 212 g/mol. The van der Waals surface area contributed by atoms with E-state index < -0.39 is 12.4 Å². The summed E-state index contributed by atoms with van der Waals surface area (Å²) in [4.78, 5) is 0. The van der Waals surface area contributed by atoms with Crippen molar-refractivity contribution in [3.63, 3.8) is 0 Å². The van der Waals surface area contributed by atoms with E-state index in [0.717, 1.165) is 11.1 Å². The van der Waals surface area contributed by atoms with Crippen molar-refractivity contribution in [2.24, 2.45) is 0 Å². The van der Waals surface area contributed by atoms with Gasteiger partial charge in [-0.15, -0.1) is 7.12 Å². The van der Waals surface area contributed by atoms with E-state index in [4.69, 9.17) is 0 Å². The van der Waals surface area contributed by atoms with Gasteiger partial charge in [-0.25, -0.2) is 0 Å². The summed E-state index contributed by atoms with van der Waals surface area (Å²) in [5.74, 6) is 0. The maximum absolute atomic E-state index is 10.9. The first-order valence-electron chi connectivity index (χ1n) is 4.34. The topological polar surface area (TPSA) is 119 Å². The van der Waals surface area contributed by atoms with E-state index in [9.17, 15) is 10.0 Å². The molecule has 0 unspecified atom stereocenters. The zero-order chi connectivity index (χ0) is 10.1. The molecule has 8 N–H and O–H groups in total. The number of hydrogen-bond donors (Lipinski definition) is 2. The molecule has 0 saturated carbocycles. The van der Waals surface area contributed by atoms with Gasteiger partial charge in [0.05, 0.1) is 0 Å². The monoisotopic (exact) mass is 212 g/mol. The number of hydrogen-bond acceptors (Lipinski definition) is 2. The number of rotatable bonds is 2. The summed E-state index contributed by atoms with van der Waals surface area (Å²) >= 11 is 0. The molecule has 0 aliphatic carbocycles. The van der Waals surface area contributed by atoms with E-state index in [0.29, 0.717) is 0 Å². The molecule has 0 atom stereocenters. The summed E-state index contributed by atoms with van der Waals surface area (Å²) in [6.45, 7) is 5.31. The van der Waals surface area contributed by atoms with Gasteiger partial charge in [0.1, 0.15) is 0 Å². The largest absolute Gasteiger partial charge is 0.892 e. The highest BCUT2D eigenvalue weighted by atomic mass is 16.4. The summed E-state index contributed by atoms with van der Waals surface area (Å²) < 4.78 is 0. The molecule has 5 heteroatoms. The molecule has 1 aromatic rings. The van der Waals surface area contributed by atoms with Crippen LogP contribution in [0.4, 0.5) is 0 Å². The molecule has 0 aliphatic heterocycles. The van der Waals surface area contributed by atoms with Crippen molar-refractivity contribution < 1.29 is 10.0 Å². The Labute approximate surface area is 91.6 Å². The molecule has 86 valence electrons. The second-order valence-corrected chi connectivity index (χ2v) is 3.87. The first kappa shape index (κ1) is 16.6. The molecule has 0 amide bonds. The molecule has 0 fully saturated rings. The highest BCUT2D eigenvalue weighted by Crippen LogP contribution is 2.24. The lowest BCUT2D eigenvalue weighted by Gasteiger charge is -2.45. The second-order valence-electron chi connectivity index (χ2n) is 3.87. The lowest BCUT2D eigenvalue weighted by Crippen LogP contribution is -2.59. The molecule has 0 radical (unpaired) electrons. The molecule has 1 aromatic carbocycles. The van der Waals surface area contributed by atoms with Crippen LogP contribution >= 0.6 is 0 Å². The summed E-state index contributed by atoms with van der Waals surface area (Å²) in [6.07, 6.45) is 0. The zero-order valence-electron chi connectivity index (χ0n) is 10.2. The van der Waals surface area contributed by atoms with Crippen molar-refractivity contribution in [2.75, 3.05) is 0 Å². The minimum Gasteiger partial charge on any atom is -0.892 e. The van der Waals surface area contributed by atoms with Gasteiger partial charge in [0, 0.05) is 0 Å². The van der Waals surface area contributed by atoms with Crippen LogP contribution in [-0.4, -0.2) is 7.12 Å². The van der Waals surface area contributed by atoms with Gasteiger partial charge >= 0.3 is 0 Å². The van der Waals surface area contributed by atoms with E-state index in [1.807, 2.05) is 31.2 Å². The van der Waals surface area contributed by atoms with Crippen LogP contribution < -0.4 is 22.3 Å². The van der Waals surface area contributed by atoms with Crippen LogP contribution in [-0.2, 0) is 5.31 Å². The summed E-state index contributed by atoms with van der Waals surface area (Å²) in [7, 11) is -1.83. The highest BCUT2D eigenvalue weighted by molar-refractivity contribution is 6.41. The molecular weight excluding hydrogens is 191 g/mol. The third-order valence-electron chi connectivity index (χ3n) is 2.43. The second kappa shape index (κ2) is 5.87. The van der Waals surface area contributed by atoms with Crippen LogP contribution in [0, 0.1) is 6.92 Å². The molecule has 4 nitrogen and oxygen atoms in total. The number of quaternary nitrogens is 2. The molecule has 0 saturated heterocycles. The zero-order valence-corrected chi connectivity index (χ0v) is 10.2. The van der Waals surface area contributed by atoms with Crippen molar-refractivity contribution in [2.45, 2.75) is 26.1 Å². The highest BCUT2D eigenvalue weighted by Gasteiger charge is 2.18. The Morgan fingerprint density at radius 2 is 1.53 bits per heavy atom. The fourth-order valence-corrected chi connectivity index (χ4v) is 1.42. The van der Waals surface area contributed by atoms with Gasteiger partial charge in [0.2, 0.25) is 0 Å². The van der Waals surface area contributed by atoms with E-state index in [-0.39, 0.29) is 12.3 Å². The van der Waals surface area contributed by atoms with Crippen LogP contribution in [0.5, 0.6) is 0 Å². The predicted molar refractivity (Wildman–Crippen MR) is 61.9 cm³/mol. The smallest absolute Gasteiger partial charge is 0.0395 e. The Bertz CT molecular complexity index is 303. The van der Waals surface area contributed by atoms with E-state index in [2.05, 4.69) is 0 Å². The number of benzene rings is 1. The molecule has 15 heavy (non-hydrogen) atoms. The van der Waals surface area contributed by atoms with Crippen molar-refractivity contribution in [3.8, 4) is 0 Å². The molecule has 0 heterocycles. The van der Waals surface area contributed by atoms with Crippen molar-refractivity contribution in [1.29, 1.82) is 0 Å². The lowest BCUT2D eigenvalue weighted by atomic mass is 9.56. The summed E-state index contributed by atoms with van der Waals surface area (Å²) in [6, 6.07) is 7.52. The van der Waals surface area contributed by atoms with Crippen LogP contribution in [0.25, 0.3) is 0 Å². The third-order valence-corrected chi connectivity index (χ3v) is 2.43. The maximum atomic E-state index is 10.9. The molecular formula is C10H21BN2O2. The van der Waals surface area contributed by atoms with Crippen LogP contribution in [0.3, 0.4) is 0 Å². The fourth-order valence-electron chi connectivity index (χ4n) is 1.42. The van der Waals surface area contributed by atoms with Crippen LogP contribution in [0.1, 0.15) is 25.0 Å². The van der Waals surface area contributed by atoms with Crippen molar-refractivity contribution in [1.82, 2.24) is 12.3 Å². The normalized spacial score (nSPS) is 9.93. The predicted octanol–water partition coefficient (Wildman–Crippen LogP) is 0.773. The average Bonchev–Trinajstić information content (AvgIpc) is 2.04. The Kier molecular flexibility index (Phi) is 6.48. The van der Waals surface area contributed by atoms with Gasteiger partial charge < -0.3 is 22.3 Å². The van der Waals surface area contributed by atoms with Crippen LogP contribution in [0.2, 0.25) is 0 Å². The molecule has 0 aliphatic rings. The molecule has 1 rings (SSSR count). The fraction of sp³-hybridized carbons (Fsp3) is 0.400. The minimum atomic E-state index is -1.83. The quantitative estimate of drug-likeness (QED) is 0.704. The van der Waals surface area contributed by atoms with E-state index >= 15 is 0 Å². The Hall–Kier alpha value is -0.875. The van der Waals surface area contributed by atoms with Crippen molar-refractivity contribution >= 4 is 7.12 Å². The van der Waals surface area contributed by atoms with Gasteiger partial charge in [0.15, 0.2) is 0 Å². The Morgan fingerprint density at radius 3 is 1.93 bits per heavy atom. The standard InChI is InChI=1S/C10H13BO2.2H3N/c1-8-6-4-5-7-9(8)10(2,3)11(12)13;;/h4-7H,1-3H3;2*1H3/q-2;;/p+2. The lowest BCUT2D eigenvalue weighted by molar-refractivity contribution is -0.356. The maximum Gasteiger partial charge on any atom is -0.0395 e. The number of aryl methyl sites for hydroxylation is 1. The summed E-state index contributed by atoms with van der Waals surface area (Å²) in [5, 5.41) is 21.1. The van der Waals surface area contributed by atoms with Gasteiger partial charge in [-0.05, 0) is 12.5 Å². The Balaban J connectivity index is 0. The van der Waals surface area contributed by atoms with Crippen molar-refractivity contribution in [3.05, 3.63) is 35.4 Å². The van der Waals surface area contributed by atoms with Crippen LogP contribution in [0.15, 0.2) is 24.3 Å².